The summed E-state index contributed by atoms with van der Waals surface area (Å²) in [6, 6.07) is 13.7. The van der Waals surface area contributed by atoms with Gasteiger partial charge in [0.1, 0.15) is 0 Å². The van der Waals surface area contributed by atoms with Crippen molar-refractivity contribution in [1.29, 1.82) is 0 Å². The van der Waals surface area contributed by atoms with Gasteiger partial charge in [0.15, 0.2) is 0 Å². The van der Waals surface area contributed by atoms with Crippen molar-refractivity contribution in [2.45, 2.75) is 4.90 Å². The average molecular weight is 473 g/mol. The molecule has 2 aromatic carbocycles. The van der Waals surface area contributed by atoms with Gasteiger partial charge in [-0.15, -0.1) is 0 Å². The molecule has 0 spiro atoms. The van der Waals surface area contributed by atoms with Crippen molar-refractivity contribution < 1.29 is 13.2 Å². The molecule has 1 heterocycles. The zero-order valence-corrected chi connectivity index (χ0v) is 17.6. The van der Waals surface area contributed by atoms with Crippen LogP contribution in [0, 0.1) is 0 Å². The van der Waals surface area contributed by atoms with E-state index in [-0.39, 0.29) is 17.3 Å². The molecule has 27 heavy (non-hydrogen) atoms. The van der Waals surface area contributed by atoms with Crippen LogP contribution in [-0.4, -0.2) is 56.3 Å². The SMILES string of the molecule is O=C(CN1CCN(S(=O)(=O)c2cccc(Br)c2)CC1)Nc1ccccc1Cl. The van der Waals surface area contributed by atoms with Gasteiger partial charge < -0.3 is 5.32 Å². The summed E-state index contributed by atoms with van der Waals surface area (Å²) in [6.45, 7) is 1.85. The number of rotatable bonds is 5. The molecule has 0 aliphatic carbocycles. The molecule has 3 rings (SSSR count). The lowest BCUT2D eigenvalue weighted by Gasteiger charge is -2.33. The van der Waals surface area contributed by atoms with Crippen molar-refractivity contribution in [2.24, 2.45) is 0 Å². The van der Waals surface area contributed by atoms with Crippen LogP contribution >= 0.6 is 27.5 Å². The number of hydrogen-bond acceptors (Lipinski definition) is 4. The molecule has 1 saturated heterocycles. The number of piperazine rings is 1. The van der Waals surface area contributed by atoms with E-state index >= 15 is 0 Å². The van der Waals surface area contributed by atoms with Gasteiger partial charge in [-0.25, -0.2) is 8.42 Å². The number of benzene rings is 2. The molecule has 0 unspecified atom stereocenters. The lowest BCUT2D eigenvalue weighted by molar-refractivity contribution is -0.117. The Bertz CT molecular complexity index is 931. The molecule has 1 aliphatic rings. The molecule has 1 aliphatic heterocycles. The summed E-state index contributed by atoms with van der Waals surface area (Å²) in [7, 11) is -3.53. The predicted octanol–water partition coefficient (Wildman–Crippen LogP) is 3.05. The Hall–Kier alpha value is -1.45. The molecule has 1 fully saturated rings. The van der Waals surface area contributed by atoms with E-state index in [1.807, 2.05) is 4.90 Å². The minimum Gasteiger partial charge on any atom is -0.324 e. The van der Waals surface area contributed by atoms with Gasteiger partial charge in [0.25, 0.3) is 0 Å². The molecule has 6 nitrogen and oxygen atoms in total. The number of hydrogen-bond donors (Lipinski definition) is 1. The Morgan fingerprint density at radius 3 is 2.44 bits per heavy atom. The summed E-state index contributed by atoms with van der Waals surface area (Å²) in [4.78, 5) is 14.4. The maximum Gasteiger partial charge on any atom is 0.243 e. The van der Waals surface area contributed by atoms with Crippen molar-refractivity contribution in [3.63, 3.8) is 0 Å². The van der Waals surface area contributed by atoms with Crippen LogP contribution in [0.25, 0.3) is 0 Å². The number of para-hydroxylation sites is 1. The van der Waals surface area contributed by atoms with E-state index in [9.17, 15) is 13.2 Å². The largest absolute Gasteiger partial charge is 0.324 e. The van der Waals surface area contributed by atoms with Gasteiger partial charge in [-0.2, -0.15) is 4.31 Å². The van der Waals surface area contributed by atoms with Crippen molar-refractivity contribution in [1.82, 2.24) is 9.21 Å². The van der Waals surface area contributed by atoms with E-state index in [4.69, 9.17) is 11.6 Å². The van der Waals surface area contributed by atoms with Gasteiger partial charge in [0.05, 0.1) is 22.2 Å². The number of nitrogens with one attached hydrogen (secondary N) is 1. The second kappa shape index (κ2) is 8.70. The lowest BCUT2D eigenvalue weighted by Crippen LogP contribution is -2.50. The van der Waals surface area contributed by atoms with Crippen LogP contribution in [-0.2, 0) is 14.8 Å². The van der Waals surface area contributed by atoms with Gasteiger partial charge in [-0.05, 0) is 30.3 Å². The van der Waals surface area contributed by atoms with Crippen LogP contribution in [0.1, 0.15) is 0 Å². The summed E-state index contributed by atoms with van der Waals surface area (Å²) in [5.41, 5.74) is 0.569. The first-order valence-corrected chi connectivity index (χ1v) is 11.0. The number of nitrogens with zero attached hydrogens (tertiary/aromatic N) is 2. The number of carbonyl (C=O) groups excluding carboxylic acids is 1. The maximum absolute atomic E-state index is 12.7. The summed E-state index contributed by atoms with van der Waals surface area (Å²) >= 11 is 9.35. The van der Waals surface area contributed by atoms with Crippen LogP contribution in [0.15, 0.2) is 57.9 Å². The van der Waals surface area contributed by atoms with Crippen molar-refractivity contribution >= 4 is 49.1 Å². The molecule has 0 aromatic heterocycles. The zero-order chi connectivity index (χ0) is 19.4. The fourth-order valence-electron chi connectivity index (χ4n) is 2.86. The van der Waals surface area contributed by atoms with Crippen molar-refractivity contribution in [3.8, 4) is 0 Å². The smallest absolute Gasteiger partial charge is 0.243 e. The quantitative estimate of drug-likeness (QED) is 0.726. The molecule has 0 saturated carbocycles. The van der Waals surface area contributed by atoms with E-state index in [1.165, 1.54) is 4.31 Å². The molecule has 9 heteroatoms. The van der Waals surface area contributed by atoms with Crippen molar-refractivity contribution in [3.05, 3.63) is 58.0 Å². The molecule has 144 valence electrons. The van der Waals surface area contributed by atoms with Gasteiger partial charge in [0.2, 0.25) is 15.9 Å². The summed E-state index contributed by atoms with van der Waals surface area (Å²) in [6.07, 6.45) is 0. The molecule has 0 radical (unpaired) electrons. The van der Waals surface area contributed by atoms with E-state index in [2.05, 4.69) is 21.2 Å². The topological polar surface area (TPSA) is 69.7 Å². The fourth-order valence-corrected chi connectivity index (χ4v) is 5.06. The van der Waals surface area contributed by atoms with Crippen LogP contribution in [0.3, 0.4) is 0 Å². The maximum atomic E-state index is 12.7. The molecule has 0 atom stereocenters. The number of sulfonamides is 1. The highest BCUT2D eigenvalue weighted by atomic mass is 79.9. The monoisotopic (exact) mass is 471 g/mol. The van der Waals surface area contributed by atoms with E-state index in [0.29, 0.717) is 36.9 Å². The number of carbonyl (C=O) groups is 1. The van der Waals surface area contributed by atoms with Crippen LogP contribution in [0.4, 0.5) is 5.69 Å². The molecular formula is C18H19BrClN3O3S. The van der Waals surface area contributed by atoms with Gasteiger partial charge in [-0.3, -0.25) is 9.69 Å². The summed E-state index contributed by atoms with van der Waals surface area (Å²) in [5.74, 6) is -0.175. The van der Waals surface area contributed by atoms with E-state index in [0.717, 1.165) is 4.47 Å². The third-order valence-electron chi connectivity index (χ3n) is 4.28. The summed E-state index contributed by atoms with van der Waals surface area (Å²) in [5, 5.41) is 3.26. The van der Waals surface area contributed by atoms with E-state index in [1.54, 1.807) is 48.5 Å². The molecule has 2 aromatic rings. The van der Waals surface area contributed by atoms with Crippen molar-refractivity contribution in [2.75, 3.05) is 38.0 Å². The lowest BCUT2D eigenvalue weighted by atomic mass is 10.3. The third kappa shape index (κ3) is 5.08. The second-order valence-electron chi connectivity index (χ2n) is 6.17. The van der Waals surface area contributed by atoms with Crippen LogP contribution in [0.5, 0.6) is 0 Å². The highest BCUT2D eigenvalue weighted by Crippen LogP contribution is 2.22. The van der Waals surface area contributed by atoms with E-state index < -0.39 is 10.0 Å². The zero-order valence-electron chi connectivity index (χ0n) is 14.4. The van der Waals surface area contributed by atoms with Crippen LogP contribution < -0.4 is 5.32 Å². The van der Waals surface area contributed by atoms with Crippen LogP contribution in [0.2, 0.25) is 5.02 Å². The number of amides is 1. The van der Waals surface area contributed by atoms with Gasteiger partial charge >= 0.3 is 0 Å². The van der Waals surface area contributed by atoms with Gasteiger partial charge in [0, 0.05) is 30.7 Å². The third-order valence-corrected chi connectivity index (χ3v) is 7.00. The highest BCUT2D eigenvalue weighted by Gasteiger charge is 2.29. The molecule has 1 N–H and O–H groups in total. The Morgan fingerprint density at radius 1 is 1.07 bits per heavy atom. The normalized spacial score (nSPS) is 16.2. The Balaban J connectivity index is 1.56. The fraction of sp³-hybridized carbons (Fsp3) is 0.278. The summed E-state index contributed by atoms with van der Waals surface area (Å²) < 4.78 is 27.7. The van der Waals surface area contributed by atoms with Gasteiger partial charge in [-0.1, -0.05) is 45.7 Å². The predicted molar refractivity (Wildman–Crippen MR) is 109 cm³/mol. The Morgan fingerprint density at radius 2 is 1.78 bits per heavy atom. The Labute approximate surface area is 172 Å². The average Bonchev–Trinajstić information content (AvgIpc) is 2.64. The Kier molecular flexibility index (Phi) is 6.54. The molecule has 0 bridgehead atoms. The first-order chi connectivity index (χ1) is 12.9. The minimum atomic E-state index is -3.53. The number of anilines is 1. The minimum absolute atomic E-state index is 0.175. The first kappa shape index (κ1) is 20.3. The standard InChI is InChI=1S/C18H19BrClN3O3S/c19-14-4-3-5-15(12-14)27(25,26)23-10-8-22(9-11-23)13-18(24)21-17-7-2-1-6-16(17)20/h1-7,12H,8-11,13H2,(H,21,24). The number of halogens is 2. The first-order valence-electron chi connectivity index (χ1n) is 8.39. The highest BCUT2D eigenvalue weighted by molar-refractivity contribution is 9.10. The molecule has 1 amide bonds. The molecular weight excluding hydrogens is 454 g/mol. The second-order valence-corrected chi connectivity index (χ2v) is 9.43.